The average molecular weight is 222 g/mol. The fraction of sp³-hybridized carbons (Fsp3) is 0.778. The Bertz CT molecular complexity index is 196. The number of carboxylic acid groups (broad SMARTS) is 1. The highest BCUT2D eigenvalue weighted by atomic mass is 35.5. The second kappa shape index (κ2) is 7.62. The standard InChI is InChI=1S/C9H16ClNO3/c1-2-3-4-5-8(12)11(10)7-6-9(13)14/h2-7H2,1H3,(H,13,14). The Labute approximate surface area is 89.0 Å². The Kier molecular flexibility index (Phi) is 7.20. The molecule has 0 aliphatic heterocycles. The van der Waals surface area contributed by atoms with Gasteiger partial charge in [0, 0.05) is 24.7 Å². The van der Waals surface area contributed by atoms with Crippen LogP contribution >= 0.6 is 11.8 Å². The Balaban J connectivity index is 3.59. The van der Waals surface area contributed by atoms with Crippen LogP contribution in [0.1, 0.15) is 39.0 Å². The topological polar surface area (TPSA) is 57.6 Å². The smallest absolute Gasteiger partial charge is 0.305 e. The zero-order valence-corrected chi connectivity index (χ0v) is 9.09. The second-order valence-electron chi connectivity index (χ2n) is 3.08. The van der Waals surface area contributed by atoms with Crippen LogP contribution < -0.4 is 0 Å². The van der Waals surface area contributed by atoms with Gasteiger partial charge in [-0.25, -0.2) is 0 Å². The third-order valence-corrected chi connectivity index (χ3v) is 2.14. The van der Waals surface area contributed by atoms with Crippen molar-refractivity contribution in [3.8, 4) is 0 Å². The number of rotatable bonds is 7. The summed E-state index contributed by atoms with van der Waals surface area (Å²) in [5.41, 5.74) is 0. The summed E-state index contributed by atoms with van der Waals surface area (Å²) in [5, 5.41) is 8.36. The van der Waals surface area contributed by atoms with Gasteiger partial charge < -0.3 is 5.11 Å². The van der Waals surface area contributed by atoms with Crippen LogP contribution in [0.15, 0.2) is 0 Å². The van der Waals surface area contributed by atoms with Crippen molar-refractivity contribution in [2.75, 3.05) is 6.54 Å². The third-order valence-electron chi connectivity index (χ3n) is 1.79. The minimum absolute atomic E-state index is 0.0713. The lowest BCUT2D eigenvalue weighted by Crippen LogP contribution is -2.23. The summed E-state index contributed by atoms with van der Waals surface area (Å²) < 4.78 is 0.962. The van der Waals surface area contributed by atoms with E-state index in [0.29, 0.717) is 6.42 Å². The molecule has 0 saturated heterocycles. The molecule has 14 heavy (non-hydrogen) atoms. The largest absolute Gasteiger partial charge is 0.481 e. The third kappa shape index (κ3) is 6.71. The molecule has 1 amide bonds. The first-order valence-corrected chi connectivity index (χ1v) is 5.09. The highest BCUT2D eigenvalue weighted by Gasteiger charge is 2.11. The highest BCUT2D eigenvalue weighted by molar-refractivity contribution is 6.21. The predicted molar refractivity (Wildman–Crippen MR) is 54.0 cm³/mol. The van der Waals surface area contributed by atoms with E-state index in [2.05, 4.69) is 0 Å². The fourth-order valence-electron chi connectivity index (χ4n) is 0.966. The Hall–Kier alpha value is -0.770. The minimum Gasteiger partial charge on any atom is -0.481 e. The van der Waals surface area contributed by atoms with E-state index < -0.39 is 5.97 Å². The van der Waals surface area contributed by atoms with Gasteiger partial charge in [0.2, 0.25) is 5.91 Å². The maximum absolute atomic E-state index is 11.2. The number of hydrogen-bond donors (Lipinski definition) is 1. The number of aliphatic carboxylic acids is 1. The van der Waals surface area contributed by atoms with Crippen LogP contribution in [-0.2, 0) is 9.59 Å². The van der Waals surface area contributed by atoms with Crippen molar-refractivity contribution < 1.29 is 14.7 Å². The van der Waals surface area contributed by atoms with Crippen molar-refractivity contribution in [2.24, 2.45) is 0 Å². The summed E-state index contributed by atoms with van der Waals surface area (Å²) in [6.07, 6.45) is 3.14. The molecule has 4 nitrogen and oxygen atoms in total. The fourth-order valence-corrected chi connectivity index (χ4v) is 1.14. The van der Waals surface area contributed by atoms with Crippen LogP contribution in [0.4, 0.5) is 0 Å². The van der Waals surface area contributed by atoms with E-state index in [9.17, 15) is 9.59 Å². The van der Waals surface area contributed by atoms with E-state index in [-0.39, 0.29) is 18.9 Å². The van der Waals surface area contributed by atoms with Crippen molar-refractivity contribution in [1.82, 2.24) is 4.42 Å². The van der Waals surface area contributed by atoms with E-state index in [1.54, 1.807) is 0 Å². The lowest BCUT2D eigenvalue weighted by atomic mass is 10.2. The summed E-state index contributed by atoms with van der Waals surface area (Å²) in [5.74, 6) is -1.14. The summed E-state index contributed by atoms with van der Waals surface area (Å²) in [4.78, 5) is 21.4. The van der Waals surface area contributed by atoms with Gasteiger partial charge in [-0.2, -0.15) is 0 Å². The monoisotopic (exact) mass is 221 g/mol. The number of unbranched alkanes of at least 4 members (excludes halogenated alkanes) is 2. The van der Waals surface area contributed by atoms with Gasteiger partial charge in [-0.15, -0.1) is 0 Å². The molecule has 0 radical (unpaired) electrons. The van der Waals surface area contributed by atoms with Crippen molar-refractivity contribution in [2.45, 2.75) is 39.0 Å². The molecular weight excluding hydrogens is 206 g/mol. The summed E-state index contributed by atoms with van der Waals surface area (Å²) in [6, 6.07) is 0. The maximum atomic E-state index is 11.2. The summed E-state index contributed by atoms with van der Waals surface area (Å²) in [7, 11) is 0. The van der Waals surface area contributed by atoms with Gasteiger partial charge in [0.1, 0.15) is 0 Å². The lowest BCUT2D eigenvalue weighted by Gasteiger charge is -2.11. The molecule has 0 aromatic carbocycles. The van der Waals surface area contributed by atoms with Gasteiger partial charge in [-0.05, 0) is 6.42 Å². The molecule has 0 fully saturated rings. The van der Waals surface area contributed by atoms with Gasteiger partial charge in [-0.3, -0.25) is 14.0 Å². The van der Waals surface area contributed by atoms with E-state index >= 15 is 0 Å². The molecule has 82 valence electrons. The van der Waals surface area contributed by atoms with Crippen LogP contribution in [-0.4, -0.2) is 27.9 Å². The van der Waals surface area contributed by atoms with Crippen molar-refractivity contribution in [3.63, 3.8) is 0 Å². The minimum atomic E-state index is -0.947. The average Bonchev–Trinajstić information content (AvgIpc) is 2.14. The van der Waals surface area contributed by atoms with Crippen molar-refractivity contribution in [3.05, 3.63) is 0 Å². The summed E-state index contributed by atoms with van der Waals surface area (Å²) >= 11 is 5.57. The normalized spacial score (nSPS) is 9.86. The van der Waals surface area contributed by atoms with E-state index in [0.717, 1.165) is 23.7 Å². The molecule has 0 aromatic heterocycles. The SMILES string of the molecule is CCCCCC(=O)N(Cl)CCC(=O)O. The lowest BCUT2D eigenvalue weighted by molar-refractivity contribution is -0.137. The number of carbonyl (C=O) groups is 2. The molecule has 0 unspecified atom stereocenters. The molecule has 5 heteroatoms. The number of carboxylic acids is 1. The van der Waals surface area contributed by atoms with Crippen molar-refractivity contribution >= 4 is 23.7 Å². The molecule has 0 rings (SSSR count). The first kappa shape index (κ1) is 13.2. The molecule has 0 atom stereocenters. The first-order chi connectivity index (χ1) is 6.57. The zero-order valence-electron chi connectivity index (χ0n) is 8.33. The van der Waals surface area contributed by atoms with E-state index in [1.165, 1.54) is 0 Å². The molecule has 0 aliphatic rings. The van der Waals surface area contributed by atoms with Crippen molar-refractivity contribution in [1.29, 1.82) is 0 Å². The highest BCUT2D eigenvalue weighted by Crippen LogP contribution is 2.05. The van der Waals surface area contributed by atoms with Gasteiger partial charge in [0.15, 0.2) is 0 Å². The van der Waals surface area contributed by atoms with Crippen LogP contribution in [0.3, 0.4) is 0 Å². The molecular formula is C9H16ClNO3. The zero-order chi connectivity index (χ0) is 11.0. The Morgan fingerprint density at radius 3 is 2.43 bits per heavy atom. The van der Waals surface area contributed by atoms with E-state index in [4.69, 9.17) is 16.9 Å². The van der Waals surface area contributed by atoms with E-state index in [1.807, 2.05) is 6.92 Å². The van der Waals surface area contributed by atoms with Gasteiger partial charge in [0.25, 0.3) is 0 Å². The molecule has 0 heterocycles. The predicted octanol–water partition coefficient (Wildman–Crippen LogP) is 2.02. The number of amides is 1. The van der Waals surface area contributed by atoms with Crippen LogP contribution in [0, 0.1) is 0 Å². The molecule has 0 spiro atoms. The second-order valence-corrected chi connectivity index (χ2v) is 3.49. The number of carbonyl (C=O) groups excluding carboxylic acids is 1. The van der Waals surface area contributed by atoms with Crippen LogP contribution in [0.25, 0.3) is 0 Å². The number of halogens is 1. The van der Waals surface area contributed by atoms with Gasteiger partial charge in [0.05, 0.1) is 6.42 Å². The molecule has 0 aromatic rings. The quantitative estimate of drug-likeness (QED) is 0.529. The van der Waals surface area contributed by atoms with Crippen LogP contribution in [0.5, 0.6) is 0 Å². The van der Waals surface area contributed by atoms with Crippen LogP contribution in [0.2, 0.25) is 0 Å². The molecule has 0 bridgehead atoms. The molecule has 1 N–H and O–H groups in total. The van der Waals surface area contributed by atoms with Gasteiger partial charge in [-0.1, -0.05) is 19.8 Å². The summed E-state index contributed by atoms with van der Waals surface area (Å²) in [6.45, 7) is 2.12. The number of hydrogen-bond acceptors (Lipinski definition) is 2. The Morgan fingerprint density at radius 1 is 1.29 bits per heavy atom. The molecule has 0 aliphatic carbocycles. The first-order valence-electron chi connectivity index (χ1n) is 4.75. The van der Waals surface area contributed by atoms with Gasteiger partial charge >= 0.3 is 5.97 Å². The molecule has 0 saturated carbocycles. The maximum Gasteiger partial charge on any atom is 0.305 e. The Morgan fingerprint density at radius 2 is 1.93 bits per heavy atom. The number of nitrogens with zero attached hydrogens (tertiary/aromatic N) is 1.